The van der Waals surface area contributed by atoms with Gasteiger partial charge in [0.2, 0.25) is 0 Å². The SMILES string of the molecule is CC(C)[C@@H](C)[C@@]1(C)CC[C@]2(C)[C@H]3CC[C@@H]4[C@@]5(COC[C@@]4(C)[C@@H](OC[C@](C)(N)C(C)C)[C@H](n4ncnc4-c4cc[n+](C)cc4)C5)C3=CC[C@@]2(C)[C@@H]1C(=O)O. The van der Waals surface area contributed by atoms with Gasteiger partial charge in [-0.3, -0.25) is 4.79 Å². The summed E-state index contributed by atoms with van der Waals surface area (Å²) in [5.74, 6) is 1.44. The smallest absolute Gasteiger partial charge is 0.307 e. The van der Waals surface area contributed by atoms with E-state index in [1.54, 1.807) is 6.33 Å². The van der Waals surface area contributed by atoms with Gasteiger partial charge < -0.3 is 20.3 Å². The van der Waals surface area contributed by atoms with E-state index in [4.69, 9.17) is 25.3 Å². The van der Waals surface area contributed by atoms with Gasteiger partial charge in [-0.15, -0.1) is 0 Å². The van der Waals surface area contributed by atoms with Gasteiger partial charge in [0, 0.05) is 34.1 Å². The molecule has 0 spiro atoms. The summed E-state index contributed by atoms with van der Waals surface area (Å²) >= 11 is 0. The Hall–Kier alpha value is -2.62. The van der Waals surface area contributed by atoms with E-state index in [9.17, 15) is 9.90 Å². The molecule has 3 saturated carbocycles. The molecule has 0 amide bonds. The van der Waals surface area contributed by atoms with Crippen LogP contribution in [0.3, 0.4) is 0 Å². The Bertz CT molecular complexity index is 1730. The van der Waals surface area contributed by atoms with Crippen molar-refractivity contribution in [3.8, 4) is 11.4 Å². The quantitative estimate of drug-likeness (QED) is 0.201. The van der Waals surface area contributed by atoms with Crippen molar-refractivity contribution in [2.24, 2.45) is 75.4 Å². The number of nitrogens with zero attached hydrogens (tertiary/aromatic N) is 4. The minimum absolute atomic E-state index is 0.0939. The van der Waals surface area contributed by atoms with Crippen LogP contribution in [0.5, 0.6) is 0 Å². The molecule has 2 aromatic heterocycles. The minimum atomic E-state index is -0.620. The van der Waals surface area contributed by atoms with Crippen LogP contribution in [0, 0.1) is 62.6 Å². The minimum Gasteiger partial charge on any atom is -0.481 e. The molecule has 9 heteroatoms. The fourth-order valence-electron chi connectivity index (χ4n) is 12.9. The van der Waals surface area contributed by atoms with Crippen molar-refractivity contribution in [3.63, 3.8) is 0 Å². The molecule has 1 saturated heterocycles. The van der Waals surface area contributed by atoms with Crippen molar-refractivity contribution >= 4 is 5.97 Å². The number of aryl methyl sites for hydroxylation is 1. The number of ether oxygens (including phenoxy) is 2. The van der Waals surface area contributed by atoms with Gasteiger partial charge in [-0.2, -0.15) is 5.10 Å². The van der Waals surface area contributed by atoms with E-state index in [0.29, 0.717) is 43.5 Å². The van der Waals surface area contributed by atoms with Crippen molar-refractivity contribution in [2.75, 3.05) is 19.8 Å². The van der Waals surface area contributed by atoms with Gasteiger partial charge in [0.05, 0.1) is 37.9 Å². The van der Waals surface area contributed by atoms with Crippen LogP contribution in [0.1, 0.15) is 114 Å². The van der Waals surface area contributed by atoms with Crippen LogP contribution in [0.2, 0.25) is 0 Å². The standard InChI is InChI=1S/C44H67N5O4/c1-27(2)29(5)39(6)18-19-41(8)31-12-13-34-40(7)23-52-25-44(34,32(31)14-17-42(41,9)35(39)38(50)51)22-33(36(40)53-24-43(10,45)28(3)4)49-37(46-26-47-49)30-15-20-48(11)21-16-30/h14-16,20-21,26-29,31,33-36H,12-13,17-19,22-25,45H2,1-11H3/p+1/t29-,31+,33-,34+,35-,36+,39-,40-,41-,42+,43+,44+/m1/s1. The lowest BCUT2D eigenvalue weighted by Crippen LogP contribution is -2.69. The highest BCUT2D eigenvalue weighted by Gasteiger charge is 2.72. The predicted molar refractivity (Wildman–Crippen MR) is 206 cm³/mol. The second-order valence-electron chi connectivity index (χ2n) is 20.3. The maximum atomic E-state index is 13.6. The third-order valence-corrected chi connectivity index (χ3v) is 17.1. The molecule has 3 N–H and O–H groups in total. The van der Waals surface area contributed by atoms with Gasteiger partial charge in [0.25, 0.3) is 0 Å². The van der Waals surface area contributed by atoms with Gasteiger partial charge in [-0.1, -0.05) is 74.0 Å². The van der Waals surface area contributed by atoms with Crippen LogP contribution in [-0.2, 0) is 21.3 Å². The monoisotopic (exact) mass is 731 g/mol. The van der Waals surface area contributed by atoms with Crippen molar-refractivity contribution in [1.82, 2.24) is 14.8 Å². The molecule has 4 aliphatic carbocycles. The van der Waals surface area contributed by atoms with E-state index < -0.39 is 17.4 Å². The number of carboxylic acids is 1. The molecule has 0 unspecified atom stereocenters. The van der Waals surface area contributed by atoms with E-state index >= 15 is 0 Å². The Kier molecular flexibility index (Phi) is 9.46. The van der Waals surface area contributed by atoms with Crippen LogP contribution < -0.4 is 10.3 Å². The first-order chi connectivity index (χ1) is 24.8. The summed E-state index contributed by atoms with van der Waals surface area (Å²) in [6.07, 6.45) is 13.9. The number of allylic oxidation sites excluding steroid dienone is 1. The topological polar surface area (TPSA) is 116 Å². The summed E-state index contributed by atoms with van der Waals surface area (Å²) in [7, 11) is 2.03. The number of rotatable bonds is 9. The third kappa shape index (κ3) is 5.55. The van der Waals surface area contributed by atoms with Crippen molar-refractivity contribution in [2.45, 2.75) is 125 Å². The number of aliphatic carboxylic acids is 1. The highest BCUT2D eigenvalue weighted by atomic mass is 16.5. The molecule has 9 nitrogen and oxygen atoms in total. The lowest BCUT2D eigenvalue weighted by Gasteiger charge is -2.71. The molecule has 0 aromatic carbocycles. The van der Waals surface area contributed by atoms with Crippen molar-refractivity contribution < 1.29 is 23.9 Å². The molecular formula is C44H68N5O4+. The van der Waals surface area contributed by atoms with Crippen LogP contribution >= 0.6 is 0 Å². The maximum Gasteiger partial charge on any atom is 0.307 e. The maximum absolute atomic E-state index is 13.6. The molecule has 2 aromatic rings. The van der Waals surface area contributed by atoms with E-state index in [2.05, 4.69) is 105 Å². The summed E-state index contributed by atoms with van der Waals surface area (Å²) in [4.78, 5) is 18.4. The number of aromatic nitrogens is 4. The van der Waals surface area contributed by atoms with E-state index in [0.717, 1.165) is 49.9 Å². The molecule has 7 rings (SSSR count). The van der Waals surface area contributed by atoms with Gasteiger partial charge in [0.1, 0.15) is 13.4 Å². The average molecular weight is 731 g/mol. The van der Waals surface area contributed by atoms with Gasteiger partial charge in [-0.05, 0) is 91.3 Å². The molecule has 12 atom stereocenters. The fourth-order valence-corrected chi connectivity index (χ4v) is 12.9. The molecule has 292 valence electrons. The summed E-state index contributed by atoms with van der Waals surface area (Å²) in [6, 6.07) is 4.13. The first-order valence-electron chi connectivity index (χ1n) is 20.5. The van der Waals surface area contributed by atoms with Crippen LogP contribution in [0.4, 0.5) is 0 Å². The lowest BCUT2D eigenvalue weighted by atomic mass is 9.34. The summed E-state index contributed by atoms with van der Waals surface area (Å²) < 4.78 is 18.2. The van der Waals surface area contributed by atoms with E-state index in [1.807, 2.05) is 11.6 Å². The Morgan fingerprint density at radius 2 is 1.79 bits per heavy atom. The molecule has 3 heterocycles. The molecule has 53 heavy (non-hydrogen) atoms. The number of carbonyl (C=O) groups is 1. The predicted octanol–water partition coefficient (Wildman–Crippen LogP) is 7.66. The van der Waals surface area contributed by atoms with Crippen LogP contribution in [0.25, 0.3) is 11.4 Å². The second kappa shape index (κ2) is 13.0. The van der Waals surface area contributed by atoms with Gasteiger partial charge in [0.15, 0.2) is 18.2 Å². The van der Waals surface area contributed by atoms with Crippen molar-refractivity contribution in [3.05, 3.63) is 42.5 Å². The van der Waals surface area contributed by atoms with E-state index in [-0.39, 0.29) is 45.1 Å². The first kappa shape index (κ1) is 38.6. The molecule has 2 bridgehead atoms. The number of pyridine rings is 1. The van der Waals surface area contributed by atoms with Crippen LogP contribution in [-0.4, -0.2) is 57.3 Å². The average Bonchev–Trinajstić information content (AvgIpc) is 3.57. The Labute approximate surface area is 318 Å². The third-order valence-electron chi connectivity index (χ3n) is 17.1. The summed E-state index contributed by atoms with van der Waals surface area (Å²) in [6.45, 7) is 24.5. The number of carboxylic acid groups (broad SMARTS) is 1. The van der Waals surface area contributed by atoms with Crippen LogP contribution in [0.15, 0.2) is 42.5 Å². The first-order valence-corrected chi connectivity index (χ1v) is 20.5. The number of nitrogens with two attached hydrogens (primary N) is 1. The fraction of sp³-hybridized carbons (Fsp3) is 0.773. The Balaban J connectivity index is 1.35. The van der Waals surface area contributed by atoms with Crippen molar-refractivity contribution in [1.29, 1.82) is 0 Å². The number of hydrogen-bond donors (Lipinski definition) is 2. The zero-order chi connectivity index (χ0) is 38.5. The molecular weight excluding hydrogens is 663 g/mol. The number of hydrogen-bond acceptors (Lipinski definition) is 6. The number of fused-ring (bicyclic) bond motifs is 3. The van der Waals surface area contributed by atoms with Gasteiger partial charge >= 0.3 is 5.97 Å². The molecule has 0 radical (unpaired) electrons. The van der Waals surface area contributed by atoms with Gasteiger partial charge in [-0.25, -0.2) is 14.2 Å². The summed E-state index contributed by atoms with van der Waals surface area (Å²) in [5, 5.41) is 16.1. The molecule has 1 aliphatic heterocycles. The Morgan fingerprint density at radius 1 is 1.09 bits per heavy atom. The lowest BCUT2D eigenvalue weighted by molar-refractivity contribution is -0.671. The second-order valence-corrected chi connectivity index (χ2v) is 20.3. The van der Waals surface area contributed by atoms with E-state index in [1.165, 1.54) is 5.57 Å². The highest BCUT2D eigenvalue weighted by Crippen LogP contribution is 2.75. The highest BCUT2D eigenvalue weighted by molar-refractivity contribution is 5.73. The largest absolute Gasteiger partial charge is 0.481 e. The normalized spacial score (nSPS) is 41.2. The zero-order valence-electron chi connectivity index (χ0n) is 34.5. The molecule has 4 fully saturated rings. The summed E-state index contributed by atoms with van der Waals surface area (Å²) in [5.41, 5.74) is 7.66. The Morgan fingerprint density at radius 3 is 2.43 bits per heavy atom. The zero-order valence-corrected chi connectivity index (χ0v) is 34.5. The molecule has 5 aliphatic rings.